The maximum atomic E-state index is 12.8. The van der Waals surface area contributed by atoms with Gasteiger partial charge >= 0.3 is 6.18 Å². The summed E-state index contributed by atoms with van der Waals surface area (Å²) in [5, 5.41) is 0. The van der Waals surface area contributed by atoms with Crippen LogP contribution in [-0.4, -0.2) is 67.5 Å². The quantitative estimate of drug-likeness (QED) is 0.766. The maximum Gasteiger partial charge on any atom is 0.433 e. The van der Waals surface area contributed by atoms with Gasteiger partial charge < -0.3 is 4.74 Å². The smallest absolute Gasteiger partial charge is 0.374 e. The van der Waals surface area contributed by atoms with Crippen LogP contribution in [0.2, 0.25) is 0 Å². The monoisotopic (exact) mass is 407 g/mol. The standard InChI is InChI=1S/C17H24F3N3O3S/c1-13-14(4-5-15(21-13)17(18,19)20)27(24,25)23-9-7-22(8-10-23)12-16(2)6-3-11-26-16/h4-5H,3,6-12H2,1-2H3. The van der Waals surface area contributed by atoms with E-state index in [0.717, 1.165) is 32.1 Å². The van der Waals surface area contributed by atoms with E-state index in [0.29, 0.717) is 32.2 Å². The number of nitrogens with zero attached hydrogens (tertiary/aromatic N) is 3. The van der Waals surface area contributed by atoms with Crippen LogP contribution in [0.5, 0.6) is 0 Å². The molecule has 2 saturated heterocycles. The molecule has 2 aliphatic heterocycles. The number of aromatic nitrogens is 1. The van der Waals surface area contributed by atoms with Crippen LogP contribution in [-0.2, 0) is 20.9 Å². The predicted molar refractivity (Wildman–Crippen MR) is 92.8 cm³/mol. The zero-order valence-electron chi connectivity index (χ0n) is 15.4. The Morgan fingerprint density at radius 3 is 2.41 bits per heavy atom. The number of sulfonamides is 1. The highest BCUT2D eigenvalue weighted by atomic mass is 32.2. The number of rotatable bonds is 4. The van der Waals surface area contributed by atoms with Gasteiger partial charge in [-0.25, -0.2) is 13.4 Å². The number of hydrogen-bond donors (Lipinski definition) is 0. The van der Waals surface area contributed by atoms with Gasteiger partial charge in [0.2, 0.25) is 10.0 Å². The van der Waals surface area contributed by atoms with Gasteiger partial charge in [0.25, 0.3) is 0 Å². The van der Waals surface area contributed by atoms with E-state index >= 15 is 0 Å². The molecule has 10 heteroatoms. The molecular weight excluding hydrogens is 383 g/mol. The van der Waals surface area contributed by atoms with E-state index in [-0.39, 0.29) is 16.2 Å². The van der Waals surface area contributed by atoms with E-state index in [1.54, 1.807) is 0 Å². The molecular formula is C17H24F3N3O3S. The lowest BCUT2D eigenvalue weighted by Crippen LogP contribution is -2.52. The summed E-state index contributed by atoms with van der Waals surface area (Å²) in [7, 11) is -3.88. The number of piperazine rings is 1. The van der Waals surface area contributed by atoms with Crippen molar-refractivity contribution in [2.45, 2.75) is 43.4 Å². The van der Waals surface area contributed by atoms with Gasteiger partial charge in [-0.05, 0) is 38.8 Å². The van der Waals surface area contributed by atoms with E-state index in [1.165, 1.54) is 11.2 Å². The Morgan fingerprint density at radius 2 is 1.89 bits per heavy atom. The molecule has 3 heterocycles. The van der Waals surface area contributed by atoms with Crippen molar-refractivity contribution >= 4 is 10.0 Å². The molecule has 6 nitrogen and oxygen atoms in total. The van der Waals surface area contributed by atoms with Gasteiger partial charge in [-0.1, -0.05) is 0 Å². The molecule has 1 aromatic rings. The molecule has 1 aromatic heterocycles. The number of pyridine rings is 1. The van der Waals surface area contributed by atoms with Crippen molar-refractivity contribution in [3.05, 3.63) is 23.5 Å². The van der Waals surface area contributed by atoms with Gasteiger partial charge in [0.05, 0.1) is 11.3 Å². The minimum Gasteiger partial charge on any atom is -0.374 e. The topological polar surface area (TPSA) is 62.7 Å². The van der Waals surface area contributed by atoms with E-state index in [4.69, 9.17) is 4.74 Å². The van der Waals surface area contributed by atoms with Crippen LogP contribution in [0.1, 0.15) is 31.2 Å². The molecule has 2 aliphatic rings. The Balaban J connectivity index is 1.68. The summed E-state index contributed by atoms with van der Waals surface area (Å²) in [6, 6.07) is 1.72. The first kappa shape index (κ1) is 20.5. The molecule has 3 rings (SSSR count). The molecule has 0 bridgehead atoms. The van der Waals surface area contributed by atoms with Gasteiger partial charge in [-0.3, -0.25) is 4.90 Å². The van der Waals surface area contributed by atoms with Crippen LogP contribution in [0.15, 0.2) is 17.0 Å². The molecule has 0 aliphatic carbocycles. The third kappa shape index (κ3) is 4.44. The van der Waals surface area contributed by atoms with Crippen molar-refractivity contribution in [1.82, 2.24) is 14.2 Å². The normalized spacial score (nSPS) is 25.8. The molecule has 1 unspecified atom stereocenters. The van der Waals surface area contributed by atoms with Crippen LogP contribution < -0.4 is 0 Å². The second-order valence-electron chi connectivity index (χ2n) is 7.36. The van der Waals surface area contributed by atoms with Crippen LogP contribution in [0, 0.1) is 6.92 Å². The number of alkyl halides is 3. The van der Waals surface area contributed by atoms with Crippen molar-refractivity contribution < 1.29 is 26.3 Å². The zero-order valence-corrected chi connectivity index (χ0v) is 16.2. The summed E-state index contributed by atoms with van der Waals surface area (Å²) in [6.07, 6.45) is -2.58. The summed E-state index contributed by atoms with van der Waals surface area (Å²) < 4.78 is 71.1. The second kappa shape index (κ2) is 7.31. The largest absolute Gasteiger partial charge is 0.433 e. The first-order valence-corrected chi connectivity index (χ1v) is 10.4. The molecule has 0 aromatic carbocycles. The minimum absolute atomic E-state index is 0.140. The molecule has 0 amide bonds. The summed E-state index contributed by atoms with van der Waals surface area (Å²) in [5.74, 6) is 0. The molecule has 0 N–H and O–H groups in total. The third-order valence-corrected chi connectivity index (χ3v) is 7.17. The Hall–Kier alpha value is -1.23. The van der Waals surface area contributed by atoms with E-state index < -0.39 is 21.9 Å². The van der Waals surface area contributed by atoms with Crippen molar-refractivity contribution in [3.8, 4) is 0 Å². The van der Waals surface area contributed by atoms with E-state index in [9.17, 15) is 21.6 Å². The number of halogens is 3. The minimum atomic E-state index is -4.60. The lowest BCUT2D eigenvalue weighted by molar-refractivity contribution is -0.141. The number of hydrogen-bond acceptors (Lipinski definition) is 5. The van der Waals surface area contributed by atoms with Gasteiger partial charge in [-0.2, -0.15) is 17.5 Å². The predicted octanol–water partition coefficient (Wildman–Crippen LogP) is 2.28. The fourth-order valence-corrected chi connectivity index (χ4v) is 5.26. The molecule has 0 spiro atoms. The highest BCUT2D eigenvalue weighted by molar-refractivity contribution is 7.89. The maximum absolute atomic E-state index is 12.8. The molecule has 1 atom stereocenters. The highest BCUT2D eigenvalue weighted by Gasteiger charge is 2.37. The molecule has 2 fully saturated rings. The van der Waals surface area contributed by atoms with E-state index in [1.807, 2.05) is 0 Å². The highest BCUT2D eigenvalue weighted by Crippen LogP contribution is 2.30. The molecule has 0 radical (unpaired) electrons. The van der Waals surface area contributed by atoms with Gasteiger partial charge in [0.1, 0.15) is 10.6 Å². The zero-order chi connectivity index (χ0) is 19.9. The Morgan fingerprint density at radius 1 is 1.22 bits per heavy atom. The average Bonchev–Trinajstić information content (AvgIpc) is 3.00. The lowest BCUT2D eigenvalue weighted by atomic mass is 10.0. The van der Waals surface area contributed by atoms with Crippen molar-refractivity contribution in [2.75, 3.05) is 39.3 Å². The van der Waals surface area contributed by atoms with Gasteiger partial charge in [-0.15, -0.1) is 0 Å². The van der Waals surface area contributed by atoms with Crippen molar-refractivity contribution in [1.29, 1.82) is 0 Å². The molecule has 152 valence electrons. The van der Waals surface area contributed by atoms with E-state index in [2.05, 4.69) is 16.8 Å². The van der Waals surface area contributed by atoms with Crippen LogP contribution in [0.4, 0.5) is 13.2 Å². The van der Waals surface area contributed by atoms with Crippen LogP contribution >= 0.6 is 0 Å². The van der Waals surface area contributed by atoms with Crippen molar-refractivity contribution in [2.24, 2.45) is 0 Å². The summed E-state index contributed by atoms with van der Waals surface area (Å²) in [5.41, 5.74) is -1.41. The van der Waals surface area contributed by atoms with Gasteiger partial charge in [0.15, 0.2) is 0 Å². The summed E-state index contributed by atoms with van der Waals surface area (Å²) >= 11 is 0. The lowest BCUT2D eigenvalue weighted by Gasteiger charge is -2.38. The Labute approximate surface area is 157 Å². The second-order valence-corrected chi connectivity index (χ2v) is 9.27. The Kier molecular flexibility index (Phi) is 5.55. The third-order valence-electron chi connectivity index (χ3n) is 5.14. The van der Waals surface area contributed by atoms with Crippen LogP contribution in [0.25, 0.3) is 0 Å². The van der Waals surface area contributed by atoms with Crippen molar-refractivity contribution in [3.63, 3.8) is 0 Å². The summed E-state index contributed by atoms with van der Waals surface area (Å²) in [4.78, 5) is 5.44. The molecule has 0 saturated carbocycles. The Bertz CT molecular complexity index is 784. The fraction of sp³-hybridized carbons (Fsp3) is 0.706. The number of ether oxygens (including phenoxy) is 1. The first-order chi connectivity index (χ1) is 12.5. The molecule has 27 heavy (non-hydrogen) atoms. The summed E-state index contributed by atoms with van der Waals surface area (Å²) in [6.45, 7) is 6.57. The fourth-order valence-electron chi connectivity index (χ4n) is 3.68. The van der Waals surface area contributed by atoms with Crippen LogP contribution in [0.3, 0.4) is 0 Å². The average molecular weight is 407 g/mol. The SMILES string of the molecule is Cc1nc(C(F)(F)F)ccc1S(=O)(=O)N1CCN(CC2(C)CCCO2)CC1. The number of aryl methyl sites for hydroxylation is 1. The first-order valence-electron chi connectivity index (χ1n) is 8.93. The van der Waals surface area contributed by atoms with Gasteiger partial charge in [0, 0.05) is 39.3 Å².